The molecule has 0 radical (unpaired) electrons. The van der Waals surface area contributed by atoms with Crippen LogP contribution in [0.5, 0.6) is 0 Å². The molecular weight excluding hydrogens is 221 g/mol. The van der Waals surface area contributed by atoms with Crippen LogP contribution in [0.15, 0.2) is 24.3 Å². The molecule has 0 aliphatic carbocycles. The molecule has 0 atom stereocenters. The Hall–Kier alpha value is -1.42. The number of carbonyl (C=O) groups is 1. The quantitative estimate of drug-likeness (QED) is 0.875. The van der Waals surface area contributed by atoms with Crippen molar-refractivity contribution in [2.24, 2.45) is 0 Å². The molecule has 1 N–H and O–H groups in total. The van der Waals surface area contributed by atoms with Gasteiger partial charge < -0.3 is 5.11 Å². The fourth-order valence-corrected chi connectivity index (χ4v) is 2.40. The molecule has 0 bridgehead atoms. The van der Waals surface area contributed by atoms with E-state index in [1.165, 1.54) is 6.07 Å². The molecule has 1 heterocycles. The van der Waals surface area contributed by atoms with Crippen LogP contribution in [0.1, 0.15) is 24.3 Å². The molecular formula is C13H16FNO2. The van der Waals surface area contributed by atoms with Gasteiger partial charge in [-0.1, -0.05) is 18.2 Å². The Kier molecular flexibility index (Phi) is 3.74. The summed E-state index contributed by atoms with van der Waals surface area (Å²) in [6.07, 6.45) is 1.66. The number of carboxylic acids is 1. The van der Waals surface area contributed by atoms with Crippen molar-refractivity contribution in [3.63, 3.8) is 0 Å². The predicted molar refractivity (Wildman–Crippen MR) is 62.5 cm³/mol. The van der Waals surface area contributed by atoms with Crippen molar-refractivity contribution in [2.75, 3.05) is 19.6 Å². The van der Waals surface area contributed by atoms with Crippen molar-refractivity contribution >= 4 is 5.97 Å². The summed E-state index contributed by atoms with van der Waals surface area (Å²) in [7, 11) is 0. The van der Waals surface area contributed by atoms with E-state index in [-0.39, 0.29) is 18.3 Å². The summed E-state index contributed by atoms with van der Waals surface area (Å²) in [5.41, 5.74) is 0.766. The summed E-state index contributed by atoms with van der Waals surface area (Å²) < 4.78 is 13.6. The van der Waals surface area contributed by atoms with E-state index in [1.807, 2.05) is 17.0 Å². The van der Waals surface area contributed by atoms with Gasteiger partial charge in [-0.2, -0.15) is 0 Å². The largest absolute Gasteiger partial charge is 0.480 e. The SMILES string of the molecule is O=C(O)CN1CCC(c2ccccc2F)CC1. The van der Waals surface area contributed by atoms with E-state index in [2.05, 4.69) is 0 Å². The minimum atomic E-state index is -0.797. The van der Waals surface area contributed by atoms with Crippen LogP contribution < -0.4 is 0 Å². The van der Waals surface area contributed by atoms with Crippen molar-refractivity contribution in [3.8, 4) is 0 Å². The van der Waals surface area contributed by atoms with Crippen LogP contribution in [0.4, 0.5) is 4.39 Å². The standard InChI is InChI=1S/C13H16FNO2/c14-12-4-2-1-3-11(12)10-5-7-15(8-6-10)9-13(16)17/h1-4,10H,5-9H2,(H,16,17). The Morgan fingerprint density at radius 3 is 2.59 bits per heavy atom. The maximum atomic E-state index is 13.6. The zero-order valence-electron chi connectivity index (χ0n) is 9.60. The van der Waals surface area contributed by atoms with Crippen LogP contribution in [-0.4, -0.2) is 35.6 Å². The number of hydrogen-bond acceptors (Lipinski definition) is 2. The van der Waals surface area contributed by atoms with Gasteiger partial charge in [-0.3, -0.25) is 9.69 Å². The molecule has 0 aromatic heterocycles. The minimum Gasteiger partial charge on any atom is -0.480 e. The van der Waals surface area contributed by atoms with Gasteiger partial charge in [0.2, 0.25) is 0 Å². The van der Waals surface area contributed by atoms with E-state index in [0.29, 0.717) is 0 Å². The zero-order chi connectivity index (χ0) is 12.3. The van der Waals surface area contributed by atoms with E-state index >= 15 is 0 Å². The molecule has 0 amide bonds. The van der Waals surface area contributed by atoms with Crippen LogP contribution in [0.25, 0.3) is 0 Å². The number of piperidine rings is 1. The molecule has 0 saturated carbocycles. The number of aliphatic carboxylic acids is 1. The van der Waals surface area contributed by atoms with Crippen molar-refractivity contribution in [1.82, 2.24) is 4.90 Å². The summed E-state index contributed by atoms with van der Waals surface area (Å²) in [5.74, 6) is -0.722. The molecule has 4 heteroatoms. The molecule has 17 heavy (non-hydrogen) atoms. The van der Waals surface area contributed by atoms with Crippen molar-refractivity contribution in [3.05, 3.63) is 35.6 Å². The highest BCUT2D eigenvalue weighted by Gasteiger charge is 2.23. The summed E-state index contributed by atoms with van der Waals surface area (Å²) in [5, 5.41) is 8.69. The lowest BCUT2D eigenvalue weighted by Gasteiger charge is -2.31. The Morgan fingerprint density at radius 2 is 2.00 bits per heavy atom. The third-order valence-corrected chi connectivity index (χ3v) is 3.29. The number of benzene rings is 1. The van der Waals surface area contributed by atoms with Gasteiger partial charge in [0.1, 0.15) is 5.82 Å². The fourth-order valence-electron chi connectivity index (χ4n) is 2.40. The van der Waals surface area contributed by atoms with Crippen molar-refractivity contribution in [2.45, 2.75) is 18.8 Å². The predicted octanol–water partition coefficient (Wildman–Crippen LogP) is 2.09. The highest BCUT2D eigenvalue weighted by molar-refractivity contribution is 5.69. The first-order valence-electron chi connectivity index (χ1n) is 5.85. The summed E-state index contributed by atoms with van der Waals surface area (Å²) in [6, 6.07) is 6.85. The second-order valence-electron chi connectivity index (χ2n) is 4.47. The average molecular weight is 237 g/mol. The van der Waals surface area contributed by atoms with Gasteiger partial charge in [-0.15, -0.1) is 0 Å². The number of nitrogens with zero attached hydrogens (tertiary/aromatic N) is 1. The third-order valence-electron chi connectivity index (χ3n) is 3.29. The van der Waals surface area contributed by atoms with E-state index in [9.17, 15) is 9.18 Å². The van der Waals surface area contributed by atoms with Gasteiger partial charge in [0.05, 0.1) is 6.54 Å². The molecule has 1 saturated heterocycles. The summed E-state index contributed by atoms with van der Waals surface area (Å²) in [4.78, 5) is 12.5. The highest BCUT2D eigenvalue weighted by atomic mass is 19.1. The van der Waals surface area contributed by atoms with Gasteiger partial charge in [0.25, 0.3) is 0 Å². The maximum Gasteiger partial charge on any atom is 0.317 e. The van der Waals surface area contributed by atoms with E-state index in [1.54, 1.807) is 6.07 Å². The van der Waals surface area contributed by atoms with Crippen LogP contribution in [0.2, 0.25) is 0 Å². The second-order valence-corrected chi connectivity index (χ2v) is 4.47. The fraction of sp³-hybridized carbons (Fsp3) is 0.462. The number of carboxylic acid groups (broad SMARTS) is 1. The Morgan fingerprint density at radius 1 is 1.35 bits per heavy atom. The van der Waals surface area contributed by atoms with Gasteiger partial charge in [-0.05, 0) is 43.5 Å². The molecule has 1 aliphatic heterocycles. The molecule has 92 valence electrons. The number of hydrogen-bond donors (Lipinski definition) is 1. The van der Waals surface area contributed by atoms with Crippen molar-refractivity contribution in [1.29, 1.82) is 0 Å². The molecule has 1 aromatic carbocycles. The van der Waals surface area contributed by atoms with Gasteiger partial charge in [0, 0.05) is 0 Å². The van der Waals surface area contributed by atoms with Crippen LogP contribution in [0, 0.1) is 5.82 Å². The molecule has 3 nitrogen and oxygen atoms in total. The van der Waals surface area contributed by atoms with Gasteiger partial charge in [-0.25, -0.2) is 4.39 Å². The van der Waals surface area contributed by atoms with Gasteiger partial charge >= 0.3 is 5.97 Å². The zero-order valence-corrected chi connectivity index (χ0v) is 9.60. The first-order valence-corrected chi connectivity index (χ1v) is 5.85. The van der Waals surface area contributed by atoms with Crippen LogP contribution in [-0.2, 0) is 4.79 Å². The van der Waals surface area contributed by atoms with E-state index < -0.39 is 5.97 Å². The number of rotatable bonds is 3. The molecule has 2 rings (SSSR count). The topological polar surface area (TPSA) is 40.5 Å². The Bertz CT molecular complexity index is 400. The Balaban J connectivity index is 1.95. The monoisotopic (exact) mass is 237 g/mol. The normalized spacial score (nSPS) is 18.2. The maximum absolute atomic E-state index is 13.6. The number of halogens is 1. The number of likely N-dealkylation sites (tertiary alicyclic amines) is 1. The second kappa shape index (κ2) is 5.27. The Labute approximate surface area is 99.9 Å². The molecule has 0 unspecified atom stereocenters. The average Bonchev–Trinajstić information content (AvgIpc) is 2.30. The smallest absolute Gasteiger partial charge is 0.317 e. The first-order chi connectivity index (χ1) is 8.16. The van der Waals surface area contributed by atoms with E-state index in [0.717, 1.165) is 31.5 Å². The van der Waals surface area contributed by atoms with Gasteiger partial charge in [0.15, 0.2) is 0 Å². The molecule has 1 fully saturated rings. The van der Waals surface area contributed by atoms with Crippen molar-refractivity contribution < 1.29 is 14.3 Å². The first kappa shape index (κ1) is 12.0. The van der Waals surface area contributed by atoms with Crippen LogP contribution >= 0.6 is 0 Å². The summed E-state index contributed by atoms with van der Waals surface area (Å²) in [6.45, 7) is 1.54. The molecule has 0 spiro atoms. The van der Waals surface area contributed by atoms with E-state index in [4.69, 9.17) is 5.11 Å². The lowest BCUT2D eigenvalue weighted by Crippen LogP contribution is -2.36. The highest BCUT2D eigenvalue weighted by Crippen LogP contribution is 2.29. The lowest BCUT2D eigenvalue weighted by molar-refractivity contribution is -0.138. The lowest BCUT2D eigenvalue weighted by atomic mass is 9.89. The summed E-state index contributed by atoms with van der Waals surface area (Å²) >= 11 is 0. The minimum absolute atomic E-state index is 0.0873. The van der Waals surface area contributed by atoms with Crippen LogP contribution in [0.3, 0.4) is 0 Å². The molecule has 1 aromatic rings. The third kappa shape index (κ3) is 3.03. The molecule has 1 aliphatic rings.